The molecule has 0 saturated heterocycles. The summed E-state index contributed by atoms with van der Waals surface area (Å²) in [5, 5.41) is 10.6. The van der Waals surface area contributed by atoms with Crippen molar-refractivity contribution in [2.45, 2.75) is 369 Å². The third-order valence-electron chi connectivity index (χ3n) is 16.7. The van der Waals surface area contributed by atoms with Crippen molar-refractivity contribution in [1.82, 2.24) is 0 Å². The van der Waals surface area contributed by atoms with Gasteiger partial charge in [0.25, 0.3) is 0 Å². The summed E-state index contributed by atoms with van der Waals surface area (Å²) in [4.78, 5) is 72.6. The van der Waals surface area contributed by atoms with E-state index in [1.165, 1.54) is 148 Å². The van der Waals surface area contributed by atoms with E-state index in [2.05, 4.69) is 55.4 Å². The summed E-state index contributed by atoms with van der Waals surface area (Å²) in [6.45, 7) is 14.1. The van der Waals surface area contributed by atoms with Gasteiger partial charge in [-0.1, -0.05) is 299 Å². The summed E-state index contributed by atoms with van der Waals surface area (Å²) in [6.07, 6.45) is 43.1. The lowest BCUT2D eigenvalue weighted by atomic mass is 10.00. The minimum Gasteiger partial charge on any atom is -0.462 e. The van der Waals surface area contributed by atoms with Gasteiger partial charge in [-0.05, 0) is 49.4 Å². The third-order valence-corrected chi connectivity index (χ3v) is 18.6. The molecule has 0 aromatic rings. The van der Waals surface area contributed by atoms with Gasteiger partial charge in [-0.2, -0.15) is 0 Å². The average Bonchev–Trinajstić information content (AvgIpc) is 3.32. The minimum absolute atomic E-state index is 0.104. The molecule has 6 atom stereocenters. The van der Waals surface area contributed by atoms with Crippen molar-refractivity contribution in [1.29, 1.82) is 0 Å². The van der Waals surface area contributed by atoms with Crippen molar-refractivity contribution in [2.75, 3.05) is 39.6 Å². The fourth-order valence-corrected chi connectivity index (χ4v) is 12.2. The highest BCUT2D eigenvalue weighted by Crippen LogP contribution is 2.45. The molecule has 0 aromatic carbocycles. The van der Waals surface area contributed by atoms with Gasteiger partial charge in [0.15, 0.2) is 12.2 Å². The molecule has 0 radical (unpaired) electrons. The number of rotatable bonds is 68. The number of phosphoric ester groups is 2. The quantitative estimate of drug-likeness (QED) is 0.0222. The highest BCUT2D eigenvalue weighted by molar-refractivity contribution is 7.47. The molecule has 3 unspecified atom stereocenters. The van der Waals surface area contributed by atoms with Gasteiger partial charge in [-0.25, -0.2) is 9.13 Å². The summed E-state index contributed by atoms with van der Waals surface area (Å²) in [6, 6.07) is 0. The summed E-state index contributed by atoms with van der Waals surface area (Å²) < 4.78 is 68.3. The Balaban J connectivity index is 5.25. The maximum Gasteiger partial charge on any atom is 0.472 e. The van der Waals surface area contributed by atoms with Crippen molar-refractivity contribution >= 4 is 39.5 Å². The van der Waals surface area contributed by atoms with Gasteiger partial charge in [0.2, 0.25) is 0 Å². The number of unbranched alkanes of at least 4 members (excludes halogenated alkanes) is 33. The molecule has 0 aliphatic heterocycles. The monoisotopic (exact) mass is 1320 g/mol. The van der Waals surface area contributed by atoms with Crippen molar-refractivity contribution in [3.8, 4) is 0 Å². The number of carbonyl (C=O) groups excluding carboxylic acids is 4. The van der Waals surface area contributed by atoms with Crippen LogP contribution in [0.3, 0.4) is 0 Å². The van der Waals surface area contributed by atoms with E-state index in [9.17, 15) is 43.2 Å². The van der Waals surface area contributed by atoms with Gasteiger partial charge in [0, 0.05) is 25.7 Å². The van der Waals surface area contributed by atoms with Crippen molar-refractivity contribution in [3.63, 3.8) is 0 Å². The van der Waals surface area contributed by atoms with Gasteiger partial charge in [0.05, 0.1) is 26.4 Å². The molecule has 0 heterocycles. The molecule has 90 heavy (non-hydrogen) atoms. The summed E-state index contributed by atoms with van der Waals surface area (Å²) in [5.74, 6) is 0.869. The Morgan fingerprint density at radius 3 is 0.789 bits per heavy atom. The Bertz CT molecular complexity index is 1780. The predicted octanol–water partition coefficient (Wildman–Crippen LogP) is 20.1. The lowest BCUT2D eigenvalue weighted by Gasteiger charge is -2.21. The van der Waals surface area contributed by atoms with Crippen LogP contribution in [0.25, 0.3) is 0 Å². The van der Waals surface area contributed by atoms with Gasteiger partial charge < -0.3 is 33.8 Å². The normalized spacial score (nSPS) is 14.6. The van der Waals surface area contributed by atoms with Crippen LogP contribution in [0.15, 0.2) is 0 Å². The van der Waals surface area contributed by atoms with E-state index in [1.54, 1.807) is 0 Å². The highest BCUT2D eigenvalue weighted by Gasteiger charge is 2.30. The van der Waals surface area contributed by atoms with E-state index < -0.39 is 97.5 Å². The second kappa shape index (κ2) is 60.7. The number of esters is 4. The Morgan fingerprint density at radius 2 is 0.533 bits per heavy atom. The fraction of sp³-hybridized carbons (Fsp3) is 0.944. The smallest absolute Gasteiger partial charge is 0.462 e. The Morgan fingerprint density at radius 1 is 0.311 bits per heavy atom. The fourth-order valence-electron chi connectivity index (χ4n) is 10.6. The van der Waals surface area contributed by atoms with E-state index in [0.29, 0.717) is 25.7 Å². The van der Waals surface area contributed by atoms with Crippen LogP contribution >= 0.6 is 15.6 Å². The van der Waals surface area contributed by atoms with Gasteiger partial charge in [-0.15, -0.1) is 0 Å². The molecule has 0 spiro atoms. The zero-order valence-electron chi connectivity index (χ0n) is 58.8. The van der Waals surface area contributed by atoms with Crippen molar-refractivity contribution in [2.24, 2.45) is 23.7 Å². The molecule has 3 N–H and O–H groups in total. The first-order valence-corrected chi connectivity index (χ1v) is 39.7. The van der Waals surface area contributed by atoms with Crippen LogP contribution in [0, 0.1) is 23.7 Å². The second-order valence-corrected chi connectivity index (χ2v) is 30.2. The first kappa shape index (κ1) is 88.1. The van der Waals surface area contributed by atoms with Crippen LogP contribution in [-0.2, 0) is 65.4 Å². The molecule has 0 amide bonds. The number of aliphatic hydroxyl groups excluding tert-OH is 1. The first-order chi connectivity index (χ1) is 43.1. The topological polar surface area (TPSA) is 237 Å². The van der Waals surface area contributed by atoms with Gasteiger partial charge in [0.1, 0.15) is 19.3 Å². The molecule has 0 bridgehead atoms. The summed E-state index contributed by atoms with van der Waals surface area (Å²) in [5.41, 5.74) is 0. The number of ether oxygens (including phenoxy) is 4. The molecule has 534 valence electrons. The molecule has 0 aromatic heterocycles. The number of carbonyl (C=O) groups is 4. The van der Waals surface area contributed by atoms with E-state index in [0.717, 1.165) is 120 Å². The lowest BCUT2D eigenvalue weighted by molar-refractivity contribution is -0.161. The predicted molar refractivity (Wildman–Crippen MR) is 363 cm³/mol. The molecule has 0 aliphatic rings. The maximum atomic E-state index is 13.0. The van der Waals surface area contributed by atoms with Crippen LogP contribution in [-0.4, -0.2) is 96.7 Å². The van der Waals surface area contributed by atoms with Gasteiger partial charge in [-0.3, -0.25) is 37.3 Å². The Kier molecular flexibility index (Phi) is 59.4. The van der Waals surface area contributed by atoms with E-state index in [4.69, 9.17) is 37.0 Å². The standard InChI is InChI=1S/C71H138O17P2/c1-9-64(8)50-42-34-29-30-36-44-52-69(74)82-58-67(88-70(75)53-45-37-27-20-14-12-10-11-13-17-23-31-39-47-61(2)3)60-86-90(79,80)84-56-65(72)55-83-89(77,78)85-59-66(87-71(76)54-46-38-28-22-16-19-25-33-41-49-63(6)7)57-81-68(73)51-43-35-26-21-15-18-24-32-40-48-62(4)5/h61-67,72H,9-60H2,1-8H3,(H,77,78)(H,79,80)/t64?,65-,66-,67-/m1/s1. The number of phosphoric acid groups is 2. The zero-order chi connectivity index (χ0) is 66.8. The largest absolute Gasteiger partial charge is 0.472 e. The van der Waals surface area contributed by atoms with Crippen LogP contribution in [0.1, 0.15) is 351 Å². The molecule has 0 fully saturated rings. The highest BCUT2D eigenvalue weighted by atomic mass is 31.2. The van der Waals surface area contributed by atoms with Gasteiger partial charge >= 0.3 is 39.5 Å². The average molecular weight is 1330 g/mol. The molecule has 0 rings (SSSR count). The maximum absolute atomic E-state index is 13.0. The number of aliphatic hydroxyl groups is 1. The molecule has 0 aliphatic carbocycles. The molecule has 19 heteroatoms. The van der Waals surface area contributed by atoms with Crippen LogP contribution in [0.2, 0.25) is 0 Å². The lowest BCUT2D eigenvalue weighted by Crippen LogP contribution is -2.30. The second-order valence-electron chi connectivity index (χ2n) is 27.3. The number of hydrogen-bond donors (Lipinski definition) is 3. The third kappa shape index (κ3) is 63.5. The summed E-state index contributed by atoms with van der Waals surface area (Å²) >= 11 is 0. The van der Waals surface area contributed by atoms with Crippen LogP contribution in [0.5, 0.6) is 0 Å². The molecule has 17 nitrogen and oxygen atoms in total. The molecular formula is C71H138O17P2. The van der Waals surface area contributed by atoms with Crippen LogP contribution < -0.4 is 0 Å². The zero-order valence-corrected chi connectivity index (χ0v) is 60.6. The molecular weight excluding hydrogens is 1190 g/mol. The van der Waals surface area contributed by atoms with E-state index in [1.807, 2.05) is 0 Å². The summed E-state index contributed by atoms with van der Waals surface area (Å²) in [7, 11) is -9.90. The van der Waals surface area contributed by atoms with E-state index >= 15 is 0 Å². The first-order valence-electron chi connectivity index (χ1n) is 36.7. The number of hydrogen-bond acceptors (Lipinski definition) is 15. The van der Waals surface area contributed by atoms with Crippen LogP contribution in [0.4, 0.5) is 0 Å². The Hall–Kier alpha value is -1.94. The Labute approximate surface area is 549 Å². The van der Waals surface area contributed by atoms with E-state index in [-0.39, 0.29) is 25.7 Å². The minimum atomic E-state index is -4.95. The molecule has 0 saturated carbocycles. The van der Waals surface area contributed by atoms with Crippen molar-refractivity contribution < 1.29 is 80.2 Å². The van der Waals surface area contributed by atoms with Crippen molar-refractivity contribution in [3.05, 3.63) is 0 Å². The SMILES string of the molecule is CCC(C)CCCCCCCCC(=O)OC[C@H](COP(=O)(O)OC[C@H](O)COP(=O)(O)OC[C@@H](COC(=O)CCCCCCCCCCCC(C)C)OC(=O)CCCCCCCCCCCC(C)C)OC(=O)CCCCCCCCCCCCCCCC(C)C.